The van der Waals surface area contributed by atoms with Crippen LogP contribution in [-0.4, -0.2) is 11.8 Å². The van der Waals surface area contributed by atoms with Crippen LogP contribution >= 0.6 is 11.6 Å². The number of halogens is 1. The minimum absolute atomic E-state index is 0.0650. The second-order valence-electron chi connectivity index (χ2n) is 5.40. The smallest absolute Gasteiger partial charge is 0.224 e. The highest BCUT2D eigenvalue weighted by molar-refractivity contribution is 6.30. The molecule has 1 atom stereocenters. The average molecular weight is 331 g/mol. The van der Waals surface area contributed by atoms with Crippen molar-refractivity contribution in [3.63, 3.8) is 0 Å². The predicted octanol–water partition coefficient (Wildman–Crippen LogP) is 3.72. The molecule has 4 nitrogen and oxygen atoms in total. The number of hydrogen-bond acceptors (Lipinski definition) is 2. The van der Waals surface area contributed by atoms with Crippen LogP contribution in [0, 0.1) is 0 Å². The van der Waals surface area contributed by atoms with Crippen molar-refractivity contribution in [1.82, 2.24) is 5.32 Å². The molecule has 0 bridgehead atoms. The Morgan fingerprint density at radius 2 is 1.83 bits per heavy atom. The van der Waals surface area contributed by atoms with Crippen LogP contribution < -0.4 is 10.6 Å². The van der Waals surface area contributed by atoms with Crippen LogP contribution in [0.25, 0.3) is 0 Å². The number of hydrogen-bond donors (Lipinski definition) is 2. The van der Waals surface area contributed by atoms with Gasteiger partial charge < -0.3 is 10.6 Å². The van der Waals surface area contributed by atoms with Gasteiger partial charge in [-0.05, 0) is 42.3 Å². The molecule has 0 spiro atoms. The molecule has 2 aromatic rings. The standard InChI is InChI=1S/C18H19ClN2O2/c1-12(15-4-3-5-16(19)11-15)20-18(23)10-14-6-8-17(9-7-14)21-13(2)22/h3-9,11-12H,10H2,1-2H3,(H,20,23)(H,21,22)/t12-/m1/s1. The molecule has 5 heteroatoms. The number of rotatable bonds is 5. The van der Waals surface area contributed by atoms with Gasteiger partial charge in [0.2, 0.25) is 11.8 Å². The van der Waals surface area contributed by atoms with E-state index in [9.17, 15) is 9.59 Å². The van der Waals surface area contributed by atoms with Crippen LogP contribution in [0.15, 0.2) is 48.5 Å². The van der Waals surface area contributed by atoms with E-state index in [1.165, 1.54) is 6.92 Å². The highest BCUT2D eigenvalue weighted by atomic mass is 35.5. The van der Waals surface area contributed by atoms with E-state index < -0.39 is 0 Å². The molecular formula is C18H19ClN2O2. The Kier molecular flexibility index (Phi) is 5.77. The molecule has 0 heterocycles. The summed E-state index contributed by atoms with van der Waals surface area (Å²) in [6.45, 7) is 3.38. The molecule has 2 rings (SSSR count). The zero-order valence-electron chi connectivity index (χ0n) is 13.1. The van der Waals surface area contributed by atoms with Gasteiger partial charge in [-0.25, -0.2) is 0 Å². The fraction of sp³-hybridized carbons (Fsp3) is 0.222. The van der Waals surface area contributed by atoms with Crippen molar-refractivity contribution in [2.45, 2.75) is 26.3 Å². The second-order valence-corrected chi connectivity index (χ2v) is 5.84. The van der Waals surface area contributed by atoms with E-state index in [-0.39, 0.29) is 24.3 Å². The van der Waals surface area contributed by atoms with Crippen molar-refractivity contribution in [2.75, 3.05) is 5.32 Å². The first kappa shape index (κ1) is 17.0. The van der Waals surface area contributed by atoms with Gasteiger partial charge >= 0.3 is 0 Å². The van der Waals surface area contributed by atoms with Crippen LogP contribution in [0.1, 0.15) is 31.0 Å². The van der Waals surface area contributed by atoms with Gasteiger partial charge in [-0.2, -0.15) is 0 Å². The molecule has 2 aromatic carbocycles. The van der Waals surface area contributed by atoms with E-state index in [0.717, 1.165) is 11.1 Å². The summed E-state index contributed by atoms with van der Waals surface area (Å²) in [5.74, 6) is -0.185. The van der Waals surface area contributed by atoms with Crippen LogP contribution in [0.2, 0.25) is 5.02 Å². The van der Waals surface area contributed by atoms with Gasteiger partial charge in [0.1, 0.15) is 0 Å². The predicted molar refractivity (Wildman–Crippen MR) is 92.5 cm³/mol. The molecular weight excluding hydrogens is 312 g/mol. The first-order chi connectivity index (χ1) is 10.9. The van der Waals surface area contributed by atoms with Gasteiger partial charge in [0, 0.05) is 17.6 Å². The molecule has 2 amide bonds. The van der Waals surface area contributed by atoms with Gasteiger partial charge in [0.25, 0.3) is 0 Å². The normalized spacial score (nSPS) is 11.6. The summed E-state index contributed by atoms with van der Waals surface area (Å²) in [4.78, 5) is 23.1. The van der Waals surface area contributed by atoms with Crippen LogP contribution in [0.3, 0.4) is 0 Å². The summed E-state index contributed by atoms with van der Waals surface area (Å²) in [6, 6.07) is 14.5. The Bertz CT molecular complexity index is 698. The van der Waals surface area contributed by atoms with Crippen molar-refractivity contribution in [2.24, 2.45) is 0 Å². The van der Waals surface area contributed by atoms with Crippen LogP contribution in [-0.2, 0) is 16.0 Å². The zero-order valence-corrected chi connectivity index (χ0v) is 13.9. The number of carbonyl (C=O) groups is 2. The average Bonchev–Trinajstić information content (AvgIpc) is 2.48. The number of nitrogens with one attached hydrogen (secondary N) is 2. The lowest BCUT2D eigenvalue weighted by molar-refractivity contribution is -0.121. The molecule has 0 aromatic heterocycles. The number of anilines is 1. The van der Waals surface area contributed by atoms with Crippen molar-refractivity contribution >= 4 is 29.1 Å². The molecule has 0 aliphatic carbocycles. The SMILES string of the molecule is CC(=O)Nc1ccc(CC(=O)N[C@H](C)c2cccc(Cl)c2)cc1. The maximum Gasteiger partial charge on any atom is 0.224 e. The molecule has 23 heavy (non-hydrogen) atoms. The van der Waals surface area contributed by atoms with E-state index in [1.807, 2.05) is 37.3 Å². The molecule has 2 N–H and O–H groups in total. The largest absolute Gasteiger partial charge is 0.349 e. The Morgan fingerprint density at radius 1 is 1.13 bits per heavy atom. The molecule has 120 valence electrons. The first-order valence-corrected chi connectivity index (χ1v) is 7.73. The fourth-order valence-electron chi connectivity index (χ4n) is 2.25. The molecule has 0 aliphatic heterocycles. The van der Waals surface area contributed by atoms with E-state index in [0.29, 0.717) is 10.7 Å². The van der Waals surface area contributed by atoms with Crippen molar-refractivity contribution in [1.29, 1.82) is 0 Å². The minimum Gasteiger partial charge on any atom is -0.349 e. The summed E-state index contributed by atoms with van der Waals surface area (Å²) in [5, 5.41) is 6.29. The summed E-state index contributed by atoms with van der Waals surface area (Å²) in [7, 11) is 0. The quantitative estimate of drug-likeness (QED) is 0.877. The lowest BCUT2D eigenvalue weighted by atomic mass is 10.1. The van der Waals surface area contributed by atoms with E-state index in [1.54, 1.807) is 18.2 Å². The van der Waals surface area contributed by atoms with E-state index in [2.05, 4.69) is 10.6 Å². The van der Waals surface area contributed by atoms with Crippen molar-refractivity contribution < 1.29 is 9.59 Å². The molecule has 0 aliphatic rings. The summed E-state index contributed by atoms with van der Waals surface area (Å²) >= 11 is 5.96. The lowest BCUT2D eigenvalue weighted by Gasteiger charge is -2.15. The third-order valence-electron chi connectivity index (χ3n) is 3.37. The summed E-state index contributed by atoms with van der Waals surface area (Å²) in [6.07, 6.45) is 0.283. The monoisotopic (exact) mass is 330 g/mol. The van der Waals surface area contributed by atoms with Gasteiger partial charge in [0.15, 0.2) is 0 Å². The first-order valence-electron chi connectivity index (χ1n) is 7.35. The maximum atomic E-state index is 12.1. The van der Waals surface area contributed by atoms with Gasteiger partial charge in [0.05, 0.1) is 12.5 Å². The third-order valence-corrected chi connectivity index (χ3v) is 3.60. The zero-order chi connectivity index (χ0) is 16.8. The third kappa shape index (κ3) is 5.42. The van der Waals surface area contributed by atoms with E-state index in [4.69, 9.17) is 11.6 Å². The van der Waals surface area contributed by atoms with Gasteiger partial charge in [-0.15, -0.1) is 0 Å². The molecule has 0 fully saturated rings. The lowest BCUT2D eigenvalue weighted by Crippen LogP contribution is -2.28. The van der Waals surface area contributed by atoms with Gasteiger partial charge in [-0.1, -0.05) is 35.9 Å². The summed E-state index contributed by atoms with van der Waals surface area (Å²) < 4.78 is 0. The van der Waals surface area contributed by atoms with Crippen molar-refractivity contribution in [3.8, 4) is 0 Å². The maximum absolute atomic E-state index is 12.1. The van der Waals surface area contributed by atoms with Crippen LogP contribution in [0.4, 0.5) is 5.69 Å². The Hall–Kier alpha value is -2.33. The Balaban J connectivity index is 1.92. The Labute approximate surface area is 140 Å². The fourth-order valence-corrected chi connectivity index (χ4v) is 2.45. The Morgan fingerprint density at radius 3 is 2.43 bits per heavy atom. The number of amides is 2. The second kappa shape index (κ2) is 7.79. The van der Waals surface area contributed by atoms with Crippen molar-refractivity contribution in [3.05, 3.63) is 64.7 Å². The molecule has 0 saturated carbocycles. The minimum atomic E-state index is -0.120. The molecule has 0 unspecified atom stereocenters. The highest BCUT2D eigenvalue weighted by Gasteiger charge is 2.10. The summed E-state index contributed by atoms with van der Waals surface area (Å²) in [5.41, 5.74) is 2.57. The van der Waals surface area contributed by atoms with Gasteiger partial charge in [-0.3, -0.25) is 9.59 Å². The number of carbonyl (C=O) groups excluding carboxylic acids is 2. The number of benzene rings is 2. The van der Waals surface area contributed by atoms with E-state index >= 15 is 0 Å². The molecule has 0 radical (unpaired) electrons. The topological polar surface area (TPSA) is 58.2 Å². The van der Waals surface area contributed by atoms with Crippen LogP contribution in [0.5, 0.6) is 0 Å². The highest BCUT2D eigenvalue weighted by Crippen LogP contribution is 2.17. The molecule has 0 saturated heterocycles.